The molecule has 0 saturated carbocycles. The van der Waals surface area contributed by atoms with Crippen LogP contribution >= 0.6 is 0 Å². The number of hydrogen-bond acceptors (Lipinski definition) is 2. The van der Waals surface area contributed by atoms with Crippen molar-refractivity contribution >= 4 is 5.84 Å². The van der Waals surface area contributed by atoms with E-state index in [1.165, 1.54) is 11.1 Å². The Hall–Kier alpha value is -1.35. The first-order valence-corrected chi connectivity index (χ1v) is 5.84. The molecule has 2 N–H and O–H groups in total. The summed E-state index contributed by atoms with van der Waals surface area (Å²) in [6.45, 7) is 6.01. The van der Waals surface area contributed by atoms with Crippen LogP contribution in [-0.2, 0) is 6.42 Å². The summed E-state index contributed by atoms with van der Waals surface area (Å²) in [6.07, 6.45) is 0.750. The van der Waals surface area contributed by atoms with E-state index in [1.807, 2.05) is 0 Å². The van der Waals surface area contributed by atoms with E-state index < -0.39 is 0 Å². The molecule has 0 unspecified atom stereocenters. The van der Waals surface area contributed by atoms with E-state index in [0.29, 0.717) is 0 Å². The molecule has 3 nitrogen and oxygen atoms in total. The number of hydrogen-bond donors (Lipinski definition) is 2. The van der Waals surface area contributed by atoms with E-state index in [9.17, 15) is 0 Å². The van der Waals surface area contributed by atoms with Crippen LogP contribution in [0.1, 0.15) is 11.1 Å². The molecule has 0 amide bonds. The van der Waals surface area contributed by atoms with Gasteiger partial charge in [-0.25, -0.2) is 0 Å². The van der Waals surface area contributed by atoms with Crippen molar-refractivity contribution in [2.75, 3.05) is 26.2 Å². The molecule has 3 heteroatoms. The largest absolute Gasteiger partial charge is 0.358 e. The fraction of sp³-hybridized carbons (Fsp3) is 0.462. The maximum atomic E-state index is 8.07. The van der Waals surface area contributed by atoms with Crippen LogP contribution in [0.4, 0.5) is 0 Å². The van der Waals surface area contributed by atoms with Crippen molar-refractivity contribution in [3.63, 3.8) is 0 Å². The lowest BCUT2D eigenvalue weighted by molar-refractivity contribution is 0.351. The standard InChI is InChI=1S/C13H19N3/c1-11-2-4-12(5-3-11)10-13(14)16-8-6-15-7-9-16/h2-5,14-15H,6-10H2,1H3. The molecule has 0 aromatic heterocycles. The molecule has 0 atom stereocenters. The number of piperazine rings is 1. The van der Waals surface area contributed by atoms with E-state index in [-0.39, 0.29) is 0 Å². The summed E-state index contributed by atoms with van der Waals surface area (Å²) in [7, 11) is 0. The fourth-order valence-electron chi connectivity index (χ4n) is 1.95. The lowest BCUT2D eigenvalue weighted by Crippen LogP contribution is -2.46. The average molecular weight is 217 g/mol. The average Bonchev–Trinajstić information content (AvgIpc) is 2.33. The monoisotopic (exact) mass is 217 g/mol. The second kappa shape index (κ2) is 5.12. The van der Waals surface area contributed by atoms with Gasteiger partial charge < -0.3 is 10.2 Å². The van der Waals surface area contributed by atoms with Crippen LogP contribution in [0.3, 0.4) is 0 Å². The van der Waals surface area contributed by atoms with Gasteiger partial charge in [0.1, 0.15) is 5.84 Å². The van der Waals surface area contributed by atoms with Gasteiger partial charge in [-0.15, -0.1) is 0 Å². The lowest BCUT2D eigenvalue weighted by atomic mass is 10.1. The molecule has 2 rings (SSSR count). The molecule has 16 heavy (non-hydrogen) atoms. The smallest absolute Gasteiger partial charge is 0.100 e. The third kappa shape index (κ3) is 2.83. The van der Waals surface area contributed by atoms with Gasteiger partial charge in [0.05, 0.1) is 0 Å². The maximum absolute atomic E-state index is 8.07. The second-order valence-electron chi connectivity index (χ2n) is 4.35. The Balaban J connectivity index is 1.93. The highest BCUT2D eigenvalue weighted by molar-refractivity contribution is 5.81. The van der Waals surface area contributed by atoms with Gasteiger partial charge >= 0.3 is 0 Å². The molecule has 1 saturated heterocycles. The van der Waals surface area contributed by atoms with E-state index >= 15 is 0 Å². The van der Waals surface area contributed by atoms with Crippen LogP contribution in [-0.4, -0.2) is 36.9 Å². The zero-order valence-electron chi connectivity index (χ0n) is 9.79. The quantitative estimate of drug-likeness (QED) is 0.581. The van der Waals surface area contributed by atoms with E-state index in [2.05, 4.69) is 41.4 Å². The Morgan fingerprint density at radius 3 is 2.50 bits per heavy atom. The fourth-order valence-corrected chi connectivity index (χ4v) is 1.95. The van der Waals surface area contributed by atoms with Gasteiger partial charge in [-0.3, -0.25) is 5.41 Å². The minimum atomic E-state index is 0.741. The summed E-state index contributed by atoms with van der Waals surface area (Å²) in [5.74, 6) is 0.741. The Morgan fingerprint density at radius 1 is 1.25 bits per heavy atom. The summed E-state index contributed by atoms with van der Waals surface area (Å²) in [4.78, 5) is 2.16. The minimum Gasteiger partial charge on any atom is -0.358 e. The van der Waals surface area contributed by atoms with Crippen molar-refractivity contribution in [2.45, 2.75) is 13.3 Å². The normalized spacial score (nSPS) is 16.2. The highest BCUT2D eigenvalue weighted by Gasteiger charge is 2.12. The number of amidine groups is 1. The van der Waals surface area contributed by atoms with Gasteiger partial charge in [0.15, 0.2) is 0 Å². The number of nitrogens with one attached hydrogen (secondary N) is 2. The highest BCUT2D eigenvalue weighted by atomic mass is 15.2. The van der Waals surface area contributed by atoms with Gasteiger partial charge in [0, 0.05) is 32.6 Å². The molecule has 1 aromatic rings. The number of aryl methyl sites for hydroxylation is 1. The number of nitrogens with zero attached hydrogens (tertiary/aromatic N) is 1. The Labute approximate surface area is 97.0 Å². The summed E-state index contributed by atoms with van der Waals surface area (Å²) >= 11 is 0. The van der Waals surface area contributed by atoms with Crippen molar-refractivity contribution < 1.29 is 0 Å². The molecule has 1 heterocycles. The van der Waals surface area contributed by atoms with Crippen LogP contribution < -0.4 is 5.32 Å². The Bertz CT molecular complexity index is 350. The first-order chi connectivity index (χ1) is 7.75. The molecule has 1 aromatic carbocycles. The number of benzene rings is 1. The minimum absolute atomic E-state index is 0.741. The van der Waals surface area contributed by atoms with Gasteiger partial charge in [0.25, 0.3) is 0 Å². The first-order valence-electron chi connectivity index (χ1n) is 5.84. The van der Waals surface area contributed by atoms with Crippen LogP contribution in [0.5, 0.6) is 0 Å². The SMILES string of the molecule is Cc1ccc(CC(=N)N2CCNCC2)cc1. The lowest BCUT2D eigenvalue weighted by Gasteiger charge is -2.29. The van der Waals surface area contributed by atoms with Crippen molar-refractivity contribution in [1.29, 1.82) is 5.41 Å². The second-order valence-corrected chi connectivity index (χ2v) is 4.35. The van der Waals surface area contributed by atoms with Crippen LogP contribution in [0.15, 0.2) is 24.3 Å². The molecule has 86 valence electrons. The van der Waals surface area contributed by atoms with Gasteiger partial charge in [-0.1, -0.05) is 29.8 Å². The summed E-state index contributed by atoms with van der Waals surface area (Å²) < 4.78 is 0. The third-order valence-corrected chi connectivity index (χ3v) is 2.99. The Morgan fingerprint density at radius 2 is 1.88 bits per heavy atom. The van der Waals surface area contributed by atoms with E-state index in [1.54, 1.807) is 0 Å². The van der Waals surface area contributed by atoms with Gasteiger partial charge in [-0.05, 0) is 12.5 Å². The molecule has 0 radical (unpaired) electrons. The summed E-state index contributed by atoms with van der Waals surface area (Å²) in [6, 6.07) is 8.46. The first kappa shape index (κ1) is 11.1. The van der Waals surface area contributed by atoms with Gasteiger partial charge in [-0.2, -0.15) is 0 Å². The third-order valence-electron chi connectivity index (χ3n) is 2.99. The predicted octanol–water partition coefficient (Wildman–Crippen LogP) is 1.42. The summed E-state index contributed by atoms with van der Waals surface area (Å²) in [5, 5.41) is 11.4. The molecule has 0 aliphatic carbocycles. The molecule has 0 bridgehead atoms. The maximum Gasteiger partial charge on any atom is 0.100 e. The predicted molar refractivity (Wildman–Crippen MR) is 67.1 cm³/mol. The number of rotatable bonds is 2. The molecular weight excluding hydrogens is 198 g/mol. The molecule has 1 aliphatic rings. The molecule has 1 aliphatic heterocycles. The van der Waals surface area contributed by atoms with Crippen LogP contribution in [0.25, 0.3) is 0 Å². The molecule has 1 fully saturated rings. The molecule has 0 spiro atoms. The van der Waals surface area contributed by atoms with Crippen molar-refractivity contribution in [3.8, 4) is 0 Å². The zero-order valence-corrected chi connectivity index (χ0v) is 9.79. The molecular formula is C13H19N3. The van der Waals surface area contributed by atoms with Gasteiger partial charge in [0.2, 0.25) is 0 Å². The van der Waals surface area contributed by atoms with Crippen molar-refractivity contribution in [2.24, 2.45) is 0 Å². The van der Waals surface area contributed by atoms with E-state index in [0.717, 1.165) is 38.4 Å². The summed E-state index contributed by atoms with van der Waals surface area (Å²) in [5.41, 5.74) is 2.51. The van der Waals surface area contributed by atoms with Crippen molar-refractivity contribution in [3.05, 3.63) is 35.4 Å². The van der Waals surface area contributed by atoms with E-state index in [4.69, 9.17) is 5.41 Å². The van der Waals surface area contributed by atoms with Crippen LogP contribution in [0.2, 0.25) is 0 Å². The highest BCUT2D eigenvalue weighted by Crippen LogP contribution is 2.06. The Kier molecular flexibility index (Phi) is 3.57. The van der Waals surface area contributed by atoms with Crippen LogP contribution in [0, 0.1) is 12.3 Å². The van der Waals surface area contributed by atoms with Crippen molar-refractivity contribution in [1.82, 2.24) is 10.2 Å². The topological polar surface area (TPSA) is 39.1 Å². The zero-order chi connectivity index (χ0) is 11.4.